The summed E-state index contributed by atoms with van der Waals surface area (Å²) in [5, 5.41) is 3.85. The fraction of sp³-hybridized carbons (Fsp3) is 0.278. The molecule has 2 aromatic rings. The molecular formula is C18H20ClN3O. The third kappa shape index (κ3) is 4.17. The number of carbonyl (C=O) groups is 1. The predicted octanol–water partition coefficient (Wildman–Crippen LogP) is 2.86. The minimum atomic E-state index is 0.0488. The molecule has 1 heterocycles. The second-order valence-corrected chi connectivity index (χ2v) is 6.33. The number of benzene rings is 2. The number of nitrogens with zero attached hydrogens (tertiary/aromatic N) is 1. The number of amides is 1. The van der Waals surface area contributed by atoms with Crippen LogP contribution in [0.3, 0.4) is 0 Å². The molecule has 0 bridgehead atoms. The van der Waals surface area contributed by atoms with Crippen LogP contribution in [0.1, 0.15) is 12.0 Å². The summed E-state index contributed by atoms with van der Waals surface area (Å²) in [5.74, 6) is 0.0488. The number of nitrogens with two attached hydrogens (primary N) is 1. The van der Waals surface area contributed by atoms with Gasteiger partial charge in [-0.25, -0.2) is 0 Å². The lowest BCUT2D eigenvalue weighted by Gasteiger charge is -2.19. The van der Waals surface area contributed by atoms with Crippen molar-refractivity contribution in [2.45, 2.75) is 18.9 Å². The van der Waals surface area contributed by atoms with Crippen LogP contribution in [0.2, 0.25) is 5.02 Å². The maximum atomic E-state index is 12.2. The summed E-state index contributed by atoms with van der Waals surface area (Å²) in [5.41, 5.74) is 8.44. The summed E-state index contributed by atoms with van der Waals surface area (Å²) < 4.78 is 0. The number of nitrogens with one attached hydrogen (secondary N) is 1. The molecule has 3 rings (SSSR count). The lowest BCUT2D eigenvalue weighted by molar-refractivity contribution is -0.121. The highest BCUT2D eigenvalue weighted by molar-refractivity contribution is 6.30. The van der Waals surface area contributed by atoms with Gasteiger partial charge in [0.15, 0.2) is 0 Å². The van der Waals surface area contributed by atoms with Crippen molar-refractivity contribution in [3.63, 3.8) is 0 Å². The molecule has 5 heteroatoms. The Balaban J connectivity index is 1.53. The van der Waals surface area contributed by atoms with Crippen molar-refractivity contribution in [3.8, 4) is 0 Å². The molecule has 0 spiro atoms. The van der Waals surface area contributed by atoms with E-state index in [1.165, 1.54) is 0 Å². The predicted molar refractivity (Wildman–Crippen MR) is 94.8 cm³/mol. The summed E-state index contributed by atoms with van der Waals surface area (Å²) in [4.78, 5) is 14.4. The molecule has 23 heavy (non-hydrogen) atoms. The van der Waals surface area contributed by atoms with Gasteiger partial charge in [-0.2, -0.15) is 0 Å². The van der Waals surface area contributed by atoms with Gasteiger partial charge in [0.05, 0.1) is 6.42 Å². The molecule has 1 aliphatic rings. The minimum absolute atomic E-state index is 0.0488. The standard InChI is InChI=1S/C18H20ClN3O/c19-14-2-1-3-17(11-14)22-9-8-16(12-22)21-18(23)10-13-4-6-15(20)7-5-13/h1-7,11,16H,8-10,12,20H2,(H,21,23). The first-order chi connectivity index (χ1) is 11.1. The number of hydrogen-bond acceptors (Lipinski definition) is 3. The first kappa shape index (κ1) is 15.7. The Hall–Kier alpha value is -2.20. The average Bonchev–Trinajstić information content (AvgIpc) is 2.98. The monoisotopic (exact) mass is 329 g/mol. The molecule has 0 aromatic heterocycles. The molecule has 4 nitrogen and oxygen atoms in total. The van der Waals surface area contributed by atoms with Crippen molar-refractivity contribution in [2.75, 3.05) is 23.7 Å². The first-order valence-electron chi connectivity index (χ1n) is 7.74. The number of nitrogen functional groups attached to an aromatic ring is 1. The van der Waals surface area contributed by atoms with Gasteiger partial charge in [0.1, 0.15) is 0 Å². The van der Waals surface area contributed by atoms with E-state index in [-0.39, 0.29) is 11.9 Å². The average molecular weight is 330 g/mol. The second-order valence-electron chi connectivity index (χ2n) is 5.90. The van der Waals surface area contributed by atoms with E-state index in [4.69, 9.17) is 17.3 Å². The molecule has 1 aliphatic heterocycles. The summed E-state index contributed by atoms with van der Waals surface area (Å²) in [6.07, 6.45) is 1.33. The number of halogens is 1. The topological polar surface area (TPSA) is 58.4 Å². The van der Waals surface area contributed by atoms with Crippen molar-refractivity contribution < 1.29 is 4.79 Å². The van der Waals surface area contributed by atoms with E-state index in [1.807, 2.05) is 48.5 Å². The van der Waals surface area contributed by atoms with Crippen molar-refractivity contribution in [1.29, 1.82) is 0 Å². The van der Waals surface area contributed by atoms with E-state index in [9.17, 15) is 4.79 Å². The fourth-order valence-corrected chi connectivity index (χ4v) is 3.07. The van der Waals surface area contributed by atoms with Crippen LogP contribution in [0.5, 0.6) is 0 Å². The lowest BCUT2D eigenvalue weighted by Crippen LogP contribution is -2.37. The van der Waals surface area contributed by atoms with Gasteiger partial charge < -0.3 is 16.0 Å². The van der Waals surface area contributed by atoms with E-state index < -0.39 is 0 Å². The Morgan fingerprint density at radius 1 is 1.26 bits per heavy atom. The lowest BCUT2D eigenvalue weighted by atomic mass is 10.1. The Labute approximate surface area is 141 Å². The van der Waals surface area contributed by atoms with Crippen molar-refractivity contribution in [1.82, 2.24) is 5.32 Å². The zero-order valence-electron chi connectivity index (χ0n) is 12.8. The SMILES string of the molecule is Nc1ccc(CC(=O)NC2CCN(c3cccc(Cl)c3)C2)cc1. The highest BCUT2D eigenvalue weighted by atomic mass is 35.5. The van der Waals surface area contributed by atoms with Crippen LogP contribution in [0.15, 0.2) is 48.5 Å². The zero-order valence-corrected chi connectivity index (χ0v) is 13.6. The van der Waals surface area contributed by atoms with Gasteiger partial charge >= 0.3 is 0 Å². The molecule has 0 aliphatic carbocycles. The second kappa shape index (κ2) is 6.92. The summed E-state index contributed by atoms with van der Waals surface area (Å²) in [6.45, 7) is 1.74. The Morgan fingerprint density at radius 2 is 2.04 bits per heavy atom. The molecule has 1 unspecified atom stereocenters. The Bertz CT molecular complexity index is 687. The highest BCUT2D eigenvalue weighted by Crippen LogP contribution is 2.23. The molecule has 1 saturated heterocycles. The Morgan fingerprint density at radius 3 is 2.78 bits per heavy atom. The molecule has 1 amide bonds. The zero-order chi connectivity index (χ0) is 16.2. The largest absolute Gasteiger partial charge is 0.399 e. The number of hydrogen-bond donors (Lipinski definition) is 2. The summed E-state index contributed by atoms with van der Waals surface area (Å²) >= 11 is 6.04. The molecule has 3 N–H and O–H groups in total. The van der Waals surface area contributed by atoms with Crippen molar-refractivity contribution >= 4 is 28.9 Å². The smallest absolute Gasteiger partial charge is 0.224 e. The van der Waals surface area contributed by atoms with Crippen molar-refractivity contribution in [2.24, 2.45) is 0 Å². The van der Waals surface area contributed by atoms with Gasteiger partial charge in [0.2, 0.25) is 5.91 Å². The molecular weight excluding hydrogens is 310 g/mol. The van der Waals surface area contributed by atoms with E-state index in [0.717, 1.165) is 35.8 Å². The fourth-order valence-electron chi connectivity index (χ4n) is 2.89. The Kier molecular flexibility index (Phi) is 4.72. The van der Waals surface area contributed by atoms with E-state index in [1.54, 1.807) is 0 Å². The van der Waals surface area contributed by atoms with E-state index >= 15 is 0 Å². The van der Waals surface area contributed by atoms with Crippen LogP contribution in [0.25, 0.3) is 0 Å². The van der Waals surface area contributed by atoms with Gasteiger partial charge in [0.25, 0.3) is 0 Å². The quantitative estimate of drug-likeness (QED) is 0.848. The summed E-state index contributed by atoms with van der Waals surface area (Å²) in [7, 11) is 0. The highest BCUT2D eigenvalue weighted by Gasteiger charge is 2.24. The van der Waals surface area contributed by atoms with Crippen LogP contribution in [-0.2, 0) is 11.2 Å². The van der Waals surface area contributed by atoms with Crippen LogP contribution in [0, 0.1) is 0 Å². The molecule has 0 saturated carbocycles. The number of carbonyl (C=O) groups excluding carboxylic acids is 1. The van der Waals surface area contributed by atoms with Crippen molar-refractivity contribution in [3.05, 3.63) is 59.1 Å². The molecule has 2 aromatic carbocycles. The molecule has 1 atom stereocenters. The normalized spacial score (nSPS) is 17.3. The summed E-state index contributed by atoms with van der Waals surface area (Å²) in [6, 6.07) is 15.4. The molecule has 1 fully saturated rings. The maximum Gasteiger partial charge on any atom is 0.224 e. The number of rotatable bonds is 4. The van der Waals surface area contributed by atoms with Gasteiger partial charge in [-0.05, 0) is 42.3 Å². The molecule has 120 valence electrons. The van der Waals surface area contributed by atoms with Gasteiger partial charge in [-0.3, -0.25) is 4.79 Å². The molecule has 0 radical (unpaired) electrons. The van der Waals surface area contributed by atoms with Crippen LogP contribution in [-0.4, -0.2) is 25.0 Å². The third-order valence-corrected chi connectivity index (χ3v) is 4.31. The van der Waals surface area contributed by atoms with E-state index in [2.05, 4.69) is 10.2 Å². The van der Waals surface area contributed by atoms with Gasteiger partial charge in [-0.1, -0.05) is 29.8 Å². The third-order valence-electron chi connectivity index (χ3n) is 4.07. The van der Waals surface area contributed by atoms with Crippen LogP contribution in [0.4, 0.5) is 11.4 Å². The van der Waals surface area contributed by atoms with Gasteiger partial charge in [-0.15, -0.1) is 0 Å². The first-order valence-corrected chi connectivity index (χ1v) is 8.12. The van der Waals surface area contributed by atoms with Gasteiger partial charge in [0, 0.05) is 35.5 Å². The maximum absolute atomic E-state index is 12.2. The van der Waals surface area contributed by atoms with Crippen LogP contribution >= 0.6 is 11.6 Å². The van der Waals surface area contributed by atoms with Crippen LogP contribution < -0.4 is 16.0 Å². The minimum Gasteiger partial charge on any atom is -0.399 e. The number of anilines is 2. The van der Waals surface area contributed by atoms with E-state index in [0.29, 0.717) is 12.1 Å².